The van der Waals surface area contributed by atoms with Gasteiger partial charge in [0.25, 0.3) is 0 Å². The van der Waals surface area contributed by atoms with Gasteiger partial charge in [-0.3, -0.25) is 0 Å². The SMILES string of the molecule is C#Cc1ccc(SC(C)(C)C)cc1. The highest BCUT2D eigenvalue weighted by Crippen LogP contribution is 2.31. The number of rotatable bonds is 1. The van der Waals surface area contributed by atoms with Crippen molar-refractivity contribution in [3.63, 3.8) is 0 Å². The zero-order valence-electron chi connectivity index (χ0n) is 8.29. The maximum atomic E-state index is 5.27. The van der Waals surface area contributed by atoms with E-state index in [1.54, 1.807) is 0 Å². The largest absolute Gasteiger partial charge is 0.120 e. The standard InChI is InChI=1S/C12H14S/c1-5-10-6-8-11(9-7-10)13-12(2,3)4/h1,6-9H,2-4H3. The Balaban J connectivity index is 2.77. The van der Waals surface area contributed by atoms with E-state index in [0.29, 0.717) is 0 Å². The molecule has 0 bridgehead atoms. The van der Waals surface area contributed by atoms with Gasteiger partial charge < -0.3 is 0 Å². The average molecular weight is 190 g/mol. The van der Waals surface area contributed by atoms with Crippen LogP contribution in [0.3, 0.4) is 0 Å². The normalized spacial score (nSPS) is 10.9. The molecule has 0 atom stereocenters. The molecule has 0 amide bonds. The second-order valence-corrected chi connectivity index (χ2v) is 5.78. The average Bonchev–Trinajstić information content (AvgIpc) is 2.03. The topological polar surface area (TPSA) is 0 Å². The van der Waals surface area contributed by atoms with Crippen LogP contribution in [0, 0.1) is 12.3 Å². The first-order valence-electron chi connectivity index (χ1n) is 4.27. The molecule has 0 saturated heterocycles. The molecule has 0 fully saturated rings. The molecular formula is C12H14S. The summed E-state index contributed by atoms with van der Waals surface area (Å²) in [6.07, 6.45) is 5.27. The third-order valence-corrected chi connectivity index (χ3v) is 2.57. The molecule has 0 nitrogen and oxygen atoms in total. The Kier molecular flexibility index (Phi) is 3.06. The first kappa shape index (κ1) is 10.2. The van der Waals surface area contributed by atoms with Crippen molar-refractivity contribution < 1.29 is 0 Å². The molecule has 0 heterocycles. The van der Waals surface area contributed by atoms with E-state index in [9.17, 15) is 0 Å². The van der Waals surface area contributed by atoms with Crippen molar-refractivity contribution in [1.29, 1.82) is 0 Å². The lowest BCUT2D eigenvalue weighted by Crippen LogP contribution is -2.06. The molecule has 0 aliphatic heterocycles. The minimum atomic E-state index is 0.262. The summed E-state index contributed by atoms with van der Waals surface area (Å²) in [5.41, 5.74) is 0.943. The Labute approximate surface area is 84.7 Å². The van der Waals surface area contributed by atoms with Crippen molar-refractivity contribution in [2.45, 2.75) is 30.4 Å². The maximum absolute atomic E-state index is 5.27. The van der Waals surface area contributed by atoms with Crippen molar-refractivity contribution in [3.8, 4) is 12.3 Å². The summed E-state index contributed by atoms with van der Waals surface area (Å²) in [4.78, 5) is 1.27. The third kappa shape index (κ3) is 3.57. The van der Waals surface area contributed by atoms with Crippen molar-refractivity contribution in [2.75, 3.05) is 0 Å². The number of hydrogen-bond donors (Lipinski definition) is 0. The van der Waals surface area contributed by atoms with Crippen LogP contribution >= 0.6 is 11.8 Å². The Morgan fingerprint density at radius 3 is 2.08 bits per heavy atom. The van der Waals surface area contributed by atoms with E-state index in [2.05, 4.69) is 38.8 Å². The molecule has 1 heteroatoms. The highest BCUT2D eigenvalue weighted by Gasteiger charge is 2.11. The number of thioether (sulfide) groups is 1. The number of benzene rings is 1. The second-order valence-electron chi connectivity index (χ2n) is 3.88. The van der Waals surface area contributed by atoms with Crippen LogP contribution < -0.4 is 0 Å². The van der Waals surface area contributed by atoms with E-state index in [4.69, 9.17) is 6.42 Å². The highest BCUT2D eigenvalue weighted by molar-refractivity contribution is 8.00. The first-order valence-corrected chi connectivity index (χ1v) is 5.08. The maximum Gasteiger partial charge on any atom is 0.0243 e. The predicted octanol–water partition coefficient (Wildman–Crippen LogP) is 3.56. The van der Waals surface area contributed by atoms with Crippen LogP contribution in [-0.4, -0.2) is 4.75 Å². The van der Waals surface area contributed by atoms with E-state index < -0.39 is 0 Å². The van der Waals surface area contributed by atoms with E-state index in [-0.39, 0.29) is 4.75 Å². The van der Waals surface area contributed by atoms with Crippen LogP contribution in [0.4, 0.5) is 0 Å². The molecule has 0 saturated carbocycles. The Bertz CT molecular complexity index is 308. The first-order chi connectivity index (χ1) is 6.01. The van der Waals surface area contributed by atoms with Crippen LogP contribution in [0.15, 0.2) is 29.2 Å². The molecule has 1 aromatic carbocycles. The minimum absolute atomic E-state index is 0.262. The quantitative estimate of drug-likeness (QED) is 0.482. The lowest BCUT2D eigenvalue weighted by Gasteiger charge is -2.17. The molecule has 0 spiro atoms. The molecule has 0 N–H and O–H groups in total. The van der Waals surface area contributed by atoms with Gasteiger partial charge in [0.05, 0.1) is 0 Å². The summed E-state index contributed by atoms with van der Waals surface area (Å²) < 4.78 is 0.262. The Morgan fingerprint density at radius 1 is 1.15 bits per heavy atom. The monoisotopic (exact) mass is 190 g/mol. The van der Waals surface area contributed by atoms with Crippen molar-refractivity contribution in [3.05, 3.63) is 29.8 Å². The van der Waals surface area contributed by atoms with Crippen LogP contribution in [-0.2, 0) is 0 Å². The fourth-order valence-electron chi connectivity index (χ4n) is 0.973. The summed E-state index contributed by atoms with van der Waals surface area (Å²) in [5.74, 6) is 2.61. The van der Waals surface area contributed by atoms with E-state index in [1.807, 2.05) is 23.9 Å². The number of terminal acetylenes is 1. The Morgan fingerprint density at radius 2 is 1.69 bits per heavy atom. The number of hydrogen-bond acceptors (Lipinski definition) is 1. The van der Waals surface area contributed by atoms with E-state index in [1.165, 1.54) is 4.90 Å². The van der Waals surface area contributed by atoms with Gasteiger partial charge in [0.2, 0.25) is 0 Å². The lowest BCUT2D eigenvalue weighted by atomic mass is 10.2. The van der Waals surface area contributed by atoms with Gasteiger partial charge >= 0.3 is 0 Å². The van der Waals surface area contributed by atoms with Gasteiger partial charge in [0.15, 0.2) is 0 Å². The predicted molar refractivity (Wildman–Crippen MR) is 60.0 cm³/mol. The zero-order chi connectivity index (χ0) is 9.90. The molecule has 0 unspecified atom stereocenters. The molecule has 13 heavy (non-hydrogen) atoms. The highest BCUT2D eigenvalue weighted by atomic mass is 32.2. The van der Waals surface area contributed by atoms with Crippen LogP contribution in [0.1, 0.15) is 26.3 Å². The van der Waals surface area contributed by atoms with Crippen molar-refractivity contribution in [1.82, 2.24) is 0 Å². The molecule has 0 aliphatic carbocycles. The lowest BCUT2D eigenvalue weighted by molar-refractivity contribution is 0.803. The zero-order valence-corrected chi connectivity index (χ0v) is 9.11. The van der Waals surface area contributed by atoms with Crippen LogP contribution in [0.2, 0.25) is 0 Å². The second kappa shape index (κ2) is 3.89. The molecule has 0 radical (unpaired) electrons. The summed E-state index contributed by atoms with van der Waals surface area (Å²) in [5, 5.41) is 0. The molecule has 0 aromatic heterocycles. The fraction of sp³-hybridized carbons (Fsp3) is 0.333. The minimum Gasteiger partial charge on any atom is -0.120 e. The van der Waals surface area contributed by atoms with Gasteiger partial charge in [-0.15, -0.1) is 18.2 Å². The third-order valence-electron chi connectivity index (χ3n) is 1.45. The van der Waals surface area contributed by atoms with Gasteiger partial charge in [0, 0.05) is 15.2 Å². The molecule has 68 valence electrons. The molecule has 0 aliphatic rings. The molecule has 1 aromatic rings. The van der Waals surface area contributed by atoms with Gasteiger partial charge in [-0.1, -0.05) is 26.7 Å². The van der Waals surface area contributed by atoms with E-state index in [0.717, 1.165) is 5.56 Å². The van der Waals surface area contributed by atoms with Crippen molar-refractivity contribution in [2.24, 2.45) is 0 Å². The van der Waals surface area contributed by atoms with Gasteiger partial charge in [-0.2, -0.15) is 0 Å². The molecule has 1 rings (SSSR count). The summed E-state index contributed by atoms with van der Waals surface area (Å²) >= 11 is 1.85. The van der Waals surface area contributed by atoms with Crippen LogP contribution in [0.5, 0.6) is 0 Å². The van der Waals surface area contributed by atoms with Gasteiger partial charge in [-0.05, 0) is 24.3 Å². The fourth-order valence-corrected chi connectivity index (χ4v) is 1.95. The summed E-state index contributed by atoms with van der Waals surface area (Å²) in [6, 6.07) is 8.11. The smallest absolute Gasteiger partial charge is 0.0243 e. The van der Waals surface area contributed by atoms with Gasteiger partial charge in [0.1, 0.15) is 0 Å². The summed E-state index contributed by atoms with van der Waals surface area (Å²) in [6.45, 7) is 6.60. The van der Waals surface area contributed by atoms with Crippen molar-refractivity contribution >= 4 is 11.8 Å². The molecular weight excluding hydrogens is 176 g/mol. The Hall–Kier alpha value is -0.870. The summed E-state index contributed by atoms with van der Waals surface area (Å²) in [7, 11) is 0. The van der Waals surface area contributed by atoms with Crippen LogP contribution in [0.25, 0.3) is 0 Å². The van der Waals surface area contributed by atoms with E-state index >= 15 is 0 Å². The van der Waals surface area contributed by atoms with Gasteiger partial charge in [-0.25, -0.2) is 0 Å².